The second-order valence-electron chi connectivity index (χ2n) is 6.25. The van der Waals surface area contributed by atoms with E-state index >= 15 is 0 Å². The van der Waals surface area contributed by atoms with Crippen molar-refractivity contribution in [2.24, 2.45) is 0 Å². The van der Waals surface area contributed by atoms with E-state index in [0.717, 1.165) is 37.9 Å². The Morgan fingerprint density at radius 2 is 1.96 bits per heavy atom. The summed E-state index contributed by atoms with van der Waals surface area (Å²) in [5.41, 5.74) is 5.03. The summed E-state index contributed by atoms with van der Waals surface area (Å²) in [6, 6.07) is 17.4. The van der Waals surface area contributed by atoms with E-state index < -0.39 is 0 Å². The molecule has 2 aromatic carbocycles. The summed E-state index contributed by atoms with van der Waals surface area (Å²) in [7, 11) is 0. The highest BCUT2D eigenvalue weighted by molar-refractivity contribution is 5.89. The molecule has 2 N–H and O–H groups in total. The molecule has 0 saturated heterocycles. The second kappa shape index (κ2) is 7.42. The molecule has 3 heteroatoms. The number of rotatable bonds is 5. The molecule has 1 atom stereocenters. The molecule has 0 bridgehead atoms. The number of hydrogen-bond acceptors (Lipinski definition) is 2. The lowest BCUT2D eigenvalue weighted by Crippen LogP contribution is -2.36. The Morgan fingerprint density at radius 3 is 2.74 bits per heavy atom. The SMILES string of the molecule is CC(=O)Nc1cccc2c1CCC(NCCc1ccccc1)C2. The first-order valence-corrected chi connectivity index (χ1v) is 8.38. The van der Waals surface area contributed by atoms with E-state index in [1.165, 1.54) is 16.7 Å². The average Bonchev–Trinajstić information content (AvgIpc) is 2.55. The molecule has 1 unspecified atom stereocenters. The summed E-state index contributed by atoms with van der Waals surface area (Å²) in [4.78, 5) is 11.3. The zero-order valence-corrected chi connectivity index (χ0v) is 13.6. The van der Waals surface area contributed by atoms with Crippen molar-refractivity contribution in [3.8, 4) is 0 Å². The number of anilines is 1. The van der Waals surface area contributed by atoms with Gasteiger partial charge in [-0.1, -0.05) is 42.5 Å². The first-order chi connectivity index (χ1) is 11.2. The Morgan fingerprint density at radius 1 is 1.13 bits per heavy atom. The minimum atomic E-state index is 0.00140. The highest BCUT2D eigenvalue weighted by Gasteiger charge is 2.20. The van der Waals surface area contributed by atoms with Crippen LogP contribution in [-0.2, 0) is 24.1 Å². The lowest BCUT2D eigenvalue weighted by molar-refractivity contribution is -0.114. The average molecular weight is 308 g/mol. The molecule has 1 aliphatic carbocycles. The van der Waals surface area contributed by atoms with Crippen LogP contribution in [0.25, 0.3) is 0 Å². The van der Waals surface area contributed by atoms with Crippen molar-refractivity contribution < 1.29 is 4.79 Å². The quantitative estimate of drug-likeness (QED) is 0.889. The minimum absolute atomic E-state index is 0.00140. The summed E-state index contributed by atoms with van der Waals surface area (Å²) in [6.07, 6.45) is 4.25. The molecule has 0 aromatic heterocycles. The van der Waals surface area contributed by atoms with Gasteiger partial charge >= 0.3 is 0 Å². The van der Waals surface area contributed by atoms with Gasteiger partial charge in [0.15, 0.2) is 0 Å². The van der Waals surface area contributed by atoms with Crippen molar-refractivity contribution >= 4 is 11.6 Å². The number of hydrogen-bond donors (Lipinski definition) is 2. The number of benzene rings is 2. The van der Waals surface area contributed by atoms with Crippen LogP contribution in [0.1, 0.15) is 30.0 Å². The van der Waals surface area contributed by atoms with E-state index in [1.54, 1.807) is 6.92 Å². The lowest BCUT2D eigenvalue weighted by Gasteiger charge is -2.27. The minimum Gasteiger partial charge on any atom is -0.326 e. The molecule has 0 fully saturated rings. The molecule has 2 aromatic rings. The van der Waals surface area contributed by atoms with Gasteiger partial charge in [-0.25, -0.2) is 0 Å². The van der Waals surface area contributed by atoms with Crippen molar-refractivity contribution in [3.63, 3.8) is 0 Å². The van der Waals surface area contributed by atoms with Crippen LogP contribution < -0.4 is 10.6 Å². The molecule has 0 heterocycles. The van der Waals surface area contributed by atoms with E-state index in [-0.39, 0.29) is 5.91 Å². The summed E-state index contributed by atoms with van der Waals surface area (Å²) < 4.78 is 0. The molecule has 0 spiro atoms. The fraction of sp³-hybridized carbons (Fsp3) is 0.350. The van der Waals surface area contributed by atoms with Crippen LogP contribution in [0.3, 0.4) is 0 Å². The van der Waals surface area contributed by atoms with Crippen LogP contribution in [0.5, 0.6) is 0 Å². The van der Waals surface area contributed by atoms with E-state index in [4.69, 9.17) is 0 Å². The van der Waals surface area contributed by atoms with Gasteiger partial charge in [0.2, 0.25) is 5.91 Å². The first-order valence-electron chi connectivity index (χ1n) is 8.38. The van der Waals surface area contributed by atoms with E-state index in [0.29, 0.717) is 6.04 Å². The van der Waals surface area contributed by atoms with Crippen molar-refractivity contribution in [3.05, 3.63) is 65.2 Å². The zero-order valence-electron chi connectivity index (χ0n) is 13.6. The predicted octanol–water partition coefficient (Wildman–Crippen LogP) is 3.33. The van der Waals surface area contributed by atoms with Gasteiger partial charge in [0.25, 0.3) is 0 Å². The van der Waals surface area contributed by atoms with Gasteiger partial charge in [-0.3, -0.25) is 4.79 Å². The van der Waals surface area contributed by atoms with Crippen LogP contribution in [0, 0.1) is 0 Å². The Balaban J connectivity index is 1.57. The zero-order chi connectivity index (χ0) is 16.1. The fourth-order valence-corrected chi connectivity index (χ4v) is 3.35. The highest BCUT2D eigenvalue weighted by atomic mass is 16.1. The van der Waals surface area contributed by atoms with E-state index in [9.17, 15) is 4.79 Å². The molecule has 0 aliphatic heterocycles. The molecule has 0 saturated carbocycles. The van der Waals surface area contributed by atoms with Gasteiger partial charge in [0.1, 0.15) is 0 Å². The number of nitrogens with one attached hydrogen (secondary N) is 2. The maximum atomic E-state index is 11.3. The number of amides is 1. The van der Waals surface area contributed by atoms with Crippen molar-refractivity contribution in [1.82, 2.24) is 5.32 Å². The summed E-state index contributed by atoms with van der Waals surface area (Å²) >= 11 is 0. The Labute approximate surface area is 138 Å². The number of fused-ring (bicyclic) bond motifs is 1. The fourth-order valence-electron chi connectivity index (χ4n) is 3.35. The van der Waals surface area contributed by atoms with Gasteiger partial charge in [-0.15, -0.1) is 0 Å². The van der Waals surface area contributed by atoms with Gasteiger partial charge < -0.3 is 10.6 Å². The molecule has 0 radical (unpaired) electrons. The topological polar surface area (TPSA) is 41.1 Å². The summed E-state index contributed by atoms with van der Waals surface area (Å²) in [5, 5.41) is 6.64. The Bertz CT molecular complexity index is 667. The summed E-state index contributed by atoms with van der Waals surface area (Å²) in [6.45, 7) is 2.57. The smallest absolute Gasteiger partial charge is 0.221 e. The van der Waals surface area contributed by atoms with Gasteiger partial charge in [0.05, 0.1) is 0 Å². The van der Waals surface area contributed by atoms with Crippen LogP contribution >= 0.6 is 0 Å². The van der Waals surface area contributed by atoms with Crippen molar-refractivity contribution in [2.75, 3.05) is 11.9 Å². The largest absolute Gasteiger partial charge is 0.326 e. The van der Waals surface area contributed by atoms with Crippen molar-refractivity contribution in [2.45, 2.75) is 38.6 Å². The molecule has 1 aliphatic rings. The monoisotopic (exact) mass is 308 g/mol. The third-order valence-corrected chi connectivity index (χ3v) is 4.48. The number of carbonyl (C=O) groups is 1. The standard InChI is InChI=1S/C20H24N2O/c1-15(23)22-20-9-5-8-17-14-18(10-11-19(17)20)21-13-12-16-6-3-2-4-7-16/h2-9,18,21H,10-14H2,1H3,(H,22,23). The third kappa shape index (κ3) is 4.20. The maximum absolute atomic E-state index is 11.3. The second-order valence-corrected chi connectivity index (χ2v) is 6.25. The molecule has 3 rings (SSSR count). The molecular formula is C20H24N2O. The Hall–Kier alpha value is -2.13. The van der Waals surface area contributed by atoms with Crippen LogP contribution in [-0.4, -0.2) is 18.5 Å². The van der Waals surface area contributed by atoms with Gasteiger partial charge in [-0.05, 0) is 55.0 Å². The lowest BCUT2D eigenvalue weighted by atomic mass is 9.87. The Kier molecular flexibility index (Phi) is 5.09. The van der Waals surface area contributed by atoms with Crippen LogP contribution in [0.15, 0.2) is 48.5 Å². The molecule has 3 nitrogen and oxygen atoms in total. The van der Waals surface area contributed by atoms with Crippen molar-refractivity contribution in [1.29, 1.82) is 0 Å². The predicted molar refractivity (Wildman–Crippen MR) is 94.7 cm³/mol. The first kappa shape index (κ1) is 15.8. The number of carbonyl (C=O) groups excluding carboxylic acids is 1. The van der Waals surface area contributed by atoms with Gasteiger partial charge in [0, 0.05) is 18.7 Å². The van der Waals surface area contributed by atoms with Crippen LogP contribution in [0.4, 0.5) is 5.69 Å². The van der Waals surface area contributed by atoms with Gasteiger partial charge in [-0.2, -0.15) is 0 Å². The normalized spacial score (nSPS) is 16.7. The third-order valence-electron chi connectivity index (χ3n) is 4.48. The molecule has 23 heavy (non-hydrogen) atoms. The molecule has 1 amide bonds. The highest BCUT2D eigenvalue weighted by Crippen LogP contribution is 2.28. The maximum Gasteiger partial charge on any atom is 0.221 e. The van der Waals surface area contributed by atoms with Crippen LogP contribution in [0.2, 0.25) is 0 Å². The molecule has 120 valence electrons. The van der Waals surface area contributed by atoms with E-state index in [2.05, 4.69) is 47.0 Å². The molecular weight excluding hydrogens is 284 g/mol. The summed E-state index contributed by atoms with van der Waals surface area (Å²) in [5.74, 6) is 0.00140. The van der Waals surface area contributed by atoms with E-state index in [1.807, 2.05) is 12.1 Å².